The van der Waals surface area contributed by atoms with E-state index in [9.17, 15) is 34.3 Å². The molecule has 5 N–H and O–H groups in total. The number of rotatable bonds is 11. The van der Waals surface area contributed by atoms with Gasteiger partial charge in [-0.3, -0.25) is 24.0 Å². The van der Waals surface area contributed by atoms with E-state index in [1.54, 1.807) is 13.8 Å². The first kappa shape index (κ1) is 35.7. The third-order valence-electron chi connectivity index (χ3n) is 10.3. The first-order valence-electron chi connectivity index (χ1n) is 17.2. The fourth-order valence-corrected chi connectivity index (χ4v) is 7.67. The molecule has 3 fully saturated rings. The zero-order chi connectivity index (χ0) is 35.3. The van der Waals surface area contributed by atoms with Gasteiger partial charge in [0.1, 0.15) is 23.2 Å². The van der Waals surface area contributed by atoms with Crippen molar-refractivity contribution in [3.63, 3.8) is 0 Å². The van der Waals surface area contributed by atoms with Crippen LogP contribution in [0.4, 0.5) is 0 Å². The van der Waals surface area contributed by atoms with Crippen molar-refractivity contribution >= 4 is 29.4 Å². The summed E-state index contributed by atoms with van der Waals surface area (Å²) in [4.78, 5) is 69.1. The number of primary amides is 1. The molecular formula is C35H46N8O6. The molecule has 3 atom stereocenters. The minimum absolute atomic E-state index is 0.0219. The van der Waals surface area contributed by atoms with Crippen LogP contribution in [0.2, 0.25) is 0 Å². The highest BCUT2D eigenvalue weighted by Crippen LogP contribution is 2.35. The lowest BCUT2D eigenvalue weighted by molar-refractivity contribution is -0.145. The fourth-order valence-electron chi connectivity index (χ4n) is 7.67. The third kappa shape index (κ3) is 7.99. The van der Waals surface area contributed by atoms with Gasteiger partial charge in [0.2, 0.25) is 17.6 Å². The van der Waals surface area contributed by atoms with E-state index < -0.39 is 58.7 Å². The Morgan fingerprint density at radius 1 is 1.06 bits per heavy atom. The van der Waals surface area contributed by atoms with Gasteiger partial charge in [-0.15, -0.1) is 5.10 Å². The zero-order valence-electron chi connectivity index (χ0n) is 28.2. The van der Waals surface area contributed by atoms with Crippen LogP contribution in [0, 0.1) is 17.2 Å². The van der Waals surface area contributed by atoms with Gasteiger partial charge in [-0.25, -0.2) is 4.68 Å². The number of benzene rings is 1. The Bertz CT molecular complexity index is 1590. The normalized spacial score (nSPS) is 21.7. The van der Waals surface area contributed by atoms with Crippen LogP contribution in [-0.2, 0) is 24.8 Å². The minimum Gasteiger partial charge on any atom is -0.384 e. The van der Waals surface area contributed by atoms with Crippen LogP contribution >= 0.6 is 0 Å². The molecule has 1 unspecified atom stereocenters. The van der Waals surface area contributed by atoms with Crippen molar-refractivity contribution in [3.05, 3.63) is 47.3 Å². The maximum atomic E-state index is 14.7. The molecule has 0 bridgehead atoms. The number of aromatic nitrogens is 3. The molecule has 14 nitrogen and oxygen atoms in total. The van der Waals surface area contributed by atoms with Gasteiger partial charge >= 0.3 is 0 Å². The van der Waals surface area contributed by atoms with Crippen molar-refractivity contribution in [1.29, 1.82) is 5.26 Å². The molecule has 5 rings (SSSR count). The molecule has 262 valence electrons. The van der Waals surface area contributed by atoms with Gasteiger partial charge in [0, 0.05) is 18.5 Å². The Hall–Kier alpha value is -4.64. The van der Waals surface area contributed by atoms with Crippen molar-refractivity contribution in [1.82, 2.24) is 30.5 Å². The number of ketones is 1. The number of Topliss-reactive ketones (excluding diaryl/α,β-unsaturated/α-hetero) is 1. The highest BCUT2D eigenvalue weighted by Gasteiger charge is 2.49. The summed E-state index contributed by atoms with van der Waals surface area (Å²) in [5, 5.41) is 34.0. The second-order valence-electron chi connectivity index (χ2n) is 14.3. The minimum atomic E-state index is -1.47. The molecule has 1 saturated heterocycles. The Balaban J connectivity index is 1.48. The van der Waals surface area contributed by atoms with Crippen LogP contribution in [0.15, 0.2) is 30.5 Å². The van der Waals surface area contributed by atoms with Crippen molar-refractivity contribution in [3.8, 4) is 6.07 Å². The van der Waals surface area contributed by atoms with Crippen LogP contribution in [0.1, 0.15) is 119 Å². The number of likely N-dealkylation sites (tertiary alicyclic amines) is 1. The van der Waals surface area contributed by atoms with E-state index in [4.69, 9.17) is 5.73 Å². The summed E-state index contributed by atoms with van der Waals surface area (Å²) in [5.41, 5.74) is 3.73. The van der Waals surface area contributed by atoms with Crippen molar-refractivity contribution in [2.75, 3.05) is 6.54 Å². The Morgan fingerprint density at radius 3 is 2.33 bits per heavy atom. The molecular weight excluding hydrogens is 628 g/mol. The summed E-state index contributed by atoms with van der Waals surface area (Å²) < 4.78 is 1.52. The second-order valence-corrected chi connectivity index (χ2v) is 14.3. The molecule has 1 aromatic carbocycles. The number of hydrogen-bond donors (Lipinski definition) is 4. The average Bonchev–Trinajstić information content (AvgIpc) is 3.77. The number of amides is 4. The van der Waals surface area contributed by atoms with Crippen molar-refractivity contribution in [2.24, 2.45) is 11.7 Å². The lowest BCUT2D eigenvalue weighted by Crippen LogP contribution is -2.62. The monoisotopic (exact) mass is 674 g/mol. The number of hydrogen-bond acceptors (Lipinski definition) is 9. The molecule has 4 amide bonds. The van der Waals surface area contributed by atoms with E-state index >= 15 is 0 Å². The Labute approximate surface area is 285 Å². The van der Waals surface area contributed by atoms with Gasteiger partial charge in [-0.05, 0) is 63.3 Å². The van der Waals surface area contributed by atoms with E-state index in [2.05, 4.69) is 20.9 Å². The van der Waals surface area contributed by atoms with E-state index in [-0.39, 0.29) is 37.3 Å². The molecule has 2 aliphatic carbocycles. The molecule has 1 aromatic heterocycles. The summed E-state index contributed by atoms with van der Waals surface area (Å²) in [6.45, 7) is 3.20. The molecule has 2 heterocycles. The summed E-state index contributed by atoms with van der Waals surface area (Å²) in [7, 11) is 0. The molecule has 1 aliphatic heterocycles. The standard InChI is InChI=1S/C35H46N8O6/c1-34(2,49)28-20-38-41-43(28)25-18-27(32(47)40-35(29(44)30(37)45)15-7-4-8-16-35)42(21-25)33(48)26(17-22-9-5-3-6-10-22)39-31(46)24-13-11-23(19-36)12-14-24/h11-14,20,22,25-27,49H,3-10,15-18,21H2,1-2H3,(H2,37,45)(H,39,46)(H,40,47)/t25-,26?,27-/m0/s1. The largest absolute Gasteiger partial charge is 0.384 e. The molecule has 2 saturated carbocycles. The van der Waals surface area contributed by atoms with Crippen LogP contribution in [0.3, 0.4) is 0 Å². The Kier molecular flexibility index (Phi) is 10.8. The molecule has 14 heteroatoms. The van der Waals surface area contributed by atoms with Gasteiger partial charge in [0.15, 0.2) is 0 Å². The van der Waals surface area contributed by atoms with Gasteiger partial charge in [0.05, 0.1) is 29.6 Å². The predicted octanol–water partition coefficient (Wildman–Crippen LogP) is 2.16. The molecule has 0 radical (unpaired) electrons. The second kappa shape index (κ2) is 14.9. The number of carbonyl (C=O) groups excluding carboxylic acids is 5. The summed E-state index contributed by atoms with van der Waals surface area (Å²) >= 11 is 0. The average molecular weight is 675 g/mol. The van der Waals surface area contributed by atoms with Gasteiger partial charge in [-0.2, -0.15) is 5.26 Å². The first-order valence-corrected chi connectivity index (χ1v) is 17.2. The number of nitriles is 1. The van der Waals surface area contributed by atoms with Crippen molar-refractivity contribution in [2.45, 2.75) is 120 Å². The molecule has 0 spiro atoms. The highest BCUT2D eigenvalue weighted by molar-refractivity contribution is 6.39. The molecule has 2 aromatic rings. The number of nitrogens with zero attached hydrogens (tertiary/aromatic N) is 5. The van der Waals surface area contributed by atoms with Crippen LogP contribution in [-0.4, -0.2) is 78.6 Å². The van der Waals surface area contributed by atoms with E-state index in [0.717, 1.165) is 38.5 Å². The number of carbonyl (C=O) groups is 5. The maximum absolute atomic E-state index is 14.7. The highest BCUT2D eigenvalue weighted by atomic mass is 16.3. The predicted molar refractivity (Wildman–Crippen MR) is 176 cm³/mol. The van der Waals surface area contributed by atoms with E-state index in [1.807, 2.05) is 6.07 Å². The number of nitrogens with two attached hydrogens (primary N) is 1. The van der Waals surface area contributed by atoms with Crippen LogP contribution in [0.25, 0.3) is 0 Å². The van der Waals surface area contributed by atoms with Crippen LogP contribution in [0.5, 0.6) is 0 Å². The summed E-state index contributed by atoms with van der Waals surface area (Å²) in [6.07, 6.45) is 9.45. The van der Waals surface area contributed by atoms with E-state index in [1.165, 1.54) is 40.0 Å². The topological polar surface area (TPSA) is 213 Å². The smallest absolute Gasteiger partial charge is 0.287 e. The van der Waals surface area contributed by atoms with E-state index in [0.29, 0.717) is 30.5 Å². The first-order chi connectivity index (χ1) is 23.3. The summed E-state index contributed by atoms with van der Waals surface area (Å²) in [6, 6.07) is 5.52. The molecule has 49 heavy (non-hydrogen) atoms. The lowest BCUT2D eigenvalue weighted by atomic mass is 9.78. The lowest BCUT2D eigenvalue weighted by Gasteiger charge is -2.38. The van der Waals surface area contributed by atoms with Crippen molar-refractivity contribution < 1.29 is 29.1 Å². The fraction of sp³-hybridized carbons (Fsp3) is 0.600. The molecule has 3 aliphatic rings. The van der Waals surface area contributed by atoms with Gasteiger partial charge in [-0.1, -0.05) is 56.6 Å². The SMILES string of the molecule is CC(C)(O)c1cnnn1[C@H]1C[C@@H](C(=O)NC2(C(=O)C(N)=O)CCCCC2)N(C(=O)C(CC2CCCCC2)NC(=O)c2ccc(C#N)cc2)C1. The van der Waals surface area contributed by atoms with Gasteiger partial charge in [0.25, 0.3) is 11.8 Å². The van der Waals surface area contributed by atoms with Gasteiger partial charge < -0.3 is 26.4 Å². The quantitative estimate of drug-likeness (QED) is 0.257. The number of aliphatic hydroxyl groups is 1. The Morgan fingerprint density at radius 2 is 1.71 bits per heavy atom. The van der Waals surface area contributed by atoms with Crippen LogP contribution < -0.4 is 16.4 Å². The zero-order valence-corrected chi connectivity index (χ0v) is 28.2. The number of nitrogens with one attached hydrogen (secondary N) is 2. The maximum Gasteiger partial charge on any atom is 0.287 e. The third-order valence-corrected chi connectivity index (χ3v) is 10.3. The summed E-state index contributed by atoms with van der Waals surface area (Å²) in [5.74, 6) is -3.35.